The molecule has 8 saturated heterocycles. The van der Waals surface area contributed by atoms with Crippen LogP contribution in [0.4, 0.5) is 0 Å². The molecular formula is C77H123NO40. The summed E-state index contributed by atoms with van der Waals surface area (Å²) < 4.78 is 102. The van der Waals surface area contributed by atoms with Crippen LogP contribution in [0.1, 0.15) is 120 Å². The largest absolute Gasteiger partial charge is 0.463 e. The van der Waals surface area contributed by atoms with Crippen molar-refractivity contribution in [2.45, 2.75) is 341 Å². The fourth-order valence-electron chi connectivity index (χ4n) is 21.7. The second-order valence-corrected chi connectivity index (χ2v) is 36.9. The Morgan fingerprint density at radius 2 is 1.03 bits per heavy atom. The number of allylic oxidation sites excluding steroid dienone is 2. The number of hydrogen-bond donors (Lipinski definition) is 21. The van der Waals surface area contributed by atoms with Crippen molar-refractivity contribution in [1.29, 1.82) is 0 Å². The molecule has 0 spiro atoms. The average Bonchev–Trinajstić information content (AvgIpc) is 0.918. The third-order valence-corrected chi connectivity index (χ3v) is 28.7. The highest BCUT2D eigenvalue weighted by atomic mass is 16.8. The van der Waals surface area contributed by atoms with Gasteiger partial charge >= 0.3 is 11.9 Å². The van der Waals surface area contributed by atoms with Crippen LogP contribution < -0.4 is 5.32 Å². The smallest absolute Gasteiger partial charge is 0.317 e. The lowest BCUT2D eigenvalue weighted by Crippen LogP contribution is -2.69. The van der Waals surface area contributed by atoms with Gasteiger partial charge in [0.05, 0.1) is 65.1 Å². The normalized spacial score (nSPS) is 52.0. The Kier molecular flexibility index (Phi) is 27.8. The maximum Gasteiger partial charge on any atom is 0.317 e. The van der Waals surface area contributed by atoms with E-state index in [1.807, 2.05) is 0 Å². The van der Waals surface area contributed by atoms with Gasteiger partial charge in [-0.15, -0.1) is 0 Å². The van der Waals surface area contributed by atoms with Gasteiger partial charge in [0.15, 0.2) is 50.1 Å². The number of carbonyl (C=O) groups is 3. The number of carbonyl (C=O) groups excluding carboxylic acids is 3. The molecule has 676 valence electrons. The molecule has 41 nitrogen and oxygen atoms in total. The molecule has 0 radical (unpaired) electrons. The standard InChI is InChI=1S/C77H123NO40/c1-29(81)78-44-48(91)58(116-67-52(95)49(92)47(90)37(20-79)109-67)39(26-107-63-54(97)56(35(85)23-103-63)113-64-50(93)45(88)33(83)21-104-64)110-62(44)112-43-13-14-73(7)40(72(43,5)6)12-15-74(8)41(73)11-10-31-32-18-71(3,4)16-17-77(32,42(87)19-75(31,74)9)70(100)118-68-60(117-66-55(98)57(36(86)24-106-66)114-69-61(99)76(101,27-80)28-108-69)53(96)59(38(111-68)25-102-30(2)82)115-65-51(94)46(89)34(84)22-105-65/h10,32-69,79-80,83-99,101H,11-28H2,1-9H3,(H,78,81). The van der Waals surface area contributed by atoms with Crippen molar-refractivity contribution in [3.05, 3.63) is 11.6 Å². The van der Waals surface area contributed by atoms with Crippen molar-refractivity contribution in [2.24, 2.45) is 50.2 Å². The molecule has 4 saturated carbocycles. The molecule has 5 aliphatic carbocycles. The summed E-state index contributed by atoms with van der Waals surface area (Å²) in [6, 6.07) is -1.47. The lowest BCUT2D eigenvalue weighted by Gasteiger charge is -2.72. The molecule has 8 aliphatic heterocycles. The molecule has 12 fully saturated rings. The molecule has 1 amide bonds. The first-order valence-electron chi connectivity index (χ1n) is 40.8. The molecule has 118 heavy (non-hydrogen) atoms. The Morgan fingerprint density at radius 3 is 1.63 bits per heavy atom. The summed E-state index contributed by atoms with van der Waals surface area (Å²) >= 11 is 0. The average molecular weight is 1700 g/mol. The van der Waals surface area contributed by atoms with E-state index in [2.05, 4.69) is 59.9 Å². The lowest BCUT2D eigenvalue weighted by molar-refractivity contribution is -0.377. The Hall–Kier alpha value is -3.25. The van der Waals surface area contributed by atoms with E-state index in [0.717, 1.165) is 12.5 Å². The van der Waals surface area contributed by atoms with Crippen molar-refractivity contribution < 1.29 is 197 Å². The van der Waals surface area contributed by atoms with E-state index in [1.165, 1.54) is 6.92 Å². The van der Waals surface area contributed by atoms with E-state index in [0.29, 0.717) is 44.9 Å². The van der Waals surface area contributed by atoms with Crippen LogP contribution in [0.5, 0.6) is 0 Å². The number of aliphatic hydroxyl groups excluding tert-OH is 19. The maximum atomic E-state index is 16.2. The number of esters is 2. The summed E-state index contributed by atoms with van der Waals surface area (Å²) in [5.41, 5.74) is -6.16. The Bertz CT molecular complexity index is 3480. The van der Waals surface area contributed by atoms with Crippen LogP contribution in [0.2, 0.25) is 0 Å². The molecule has 0 bridgehead atoms. The minimum atomic E-state index is -2.19. The fraction of sp³-hybridized carbons (Fsp3) is 0.935. The number of fused-ring (bicyclic) bond motifs is 7. The van der Waals surface area contributed by atoms with E-state index >= 15 is 4.79 Å². The first kappa shape index (κ1) is 92.4. The molecule has 21 N–H and O–H groups in total. The quantitative estimate of drug-likeness (QED) is 0.0272. The number of rotatable bonds is 22. The van der Waals surface area contributed by atoms with E-state index in [1.54, 1.807) is 0 Å². The third kappa shape index (κ3) is 16.9. The second-order valence-electron chi connectivity index (χ2n) is 36.9. The minimum absolute atomic E-state index is 0.0361. The molecule has 0 aromatic heterocycles. The van der Waals surface area contributed by atoms with E-state index in [-0.39, 0.29) is 24.7 Å². The van der Waals surface area contributed by atoms with E-state index in [9.17, 15) is 112 Å². The molecule has 43 unspecified atom stereocenters. The molecule has 0 aromatic carbocycles. The van der Waals surface area contributed by atoms with E-state index < -0.39 is 336 Å². The summed E-state index contributed by atoms with van der Waals surface area (Å²) in [6.45, 7) is 11.1. The van der Waals surface area contributed by atoms with Gasteiger partial charge in [-0.2, -0.15) is 0 Å². The third-order valence-electron chi connectivity index (χ3n) is 28.7. The summed E-state index contributed by atoms with van der Waals surface area (Å²) in [7, 11) is 0. The number of aliphatic hydroxyl groups is 20. The highest BCUT2D eigenvalue weighted by molar-refractivity contribution is 5.80. The van der Waals surface area contributed by atoms with Crippen molar-refractivity contribution in [1.82, 2.24) is 5.32 Å². The highest BCUT2D eigenvalue weighted by Crippen LogP contribution is 2.76. The Balaban J connectivity index is 0.768. The molecule has 13 rings (SSSR count). The van der Waals surface area contributed by atoms with Gasteiger partial charge in [0.25, 0.3) is 0 Å². The van der Waals surface area contributed by atoms with Gasteiger partial charge in [0, 0.05) is 13.8 Å². The SMILES string of the molecule is CC(=O)NC1C(OC2CCC3(C)C(CCC4(C)C3CC=C3C5CC(C)(C)CCC5(C(=O)OC5OC(COC(C)=O)C(OC6OCC(O)C(O)C6O)C(O)C5OC5OCC(O)C(OC6OCC(O)(CO)C6O)C5O)C(O)CC34C)C2(C)C)OC(COC2OCC(O)C(OC3OCC(O)C(O)C3O)C2O)C(OC2OC(CO)C(O)C(O)C2O)C1O. The van der Waals surface area contributed by atoms with Crippen molar-refractivity contribution in [3.8, 4) is 0 Å². The topological polar surface area (TPSA) is 625 Å². The molecule has 41 heteroatoms. The van der Waals surface area contributed by atoms with Gasteiger partial charge in [-0.3, -0.25) is 14.4 Å². The van der Waals surface area contributed by atoms with Crippen LogP contribution in [0.15, 0.2) is 11.6 Å². The first-order chi connectivity index (χ1) is 55.4. The Morgan fingerprint density at radius 1 is 0.492 bits per heavy atom. The molecule has 13 aliphatic rings. The van der Waals surface area contributed by atoms with Crippen LogP contribution in [0.3, 0.4) is 0 Å². The summed E-state index contributed by atoms with van der Waals surface area (Å²) in [5.74, 6) is -3.44. The van der Waals surface area contributed by atoms with Crippen LogP contribution >= 0.6 is 0 Å². The monoisotopic (exact) mass is 1700 g/mol. The molecular weight excluding hydrogens is 1580 g/mol. The zero-order valence-electron chi connectivity index (χ0n) is 67.4. The number of hydrogen-bond acceptors (Lipinski definition) is 40. The number of ether oxygens (including phenoxy) is 17. The van der Waals surface area contributed by atoms with Gasteiger partial charge in [-0.05, 0) is 103 Å². The zero-order valence-corrected chi connectivity index (χ0v) is 67.4. The minimum Gasteiger partial charge on any atom is -0.463 e. The predicted molar refractivity (Wildman–Crippen MR) is 386 cm³/mol. The van der Waals surface area contributed by atoms with Crippen LogP contribution in [0, 0.1) is 50.2 Å². The van der Waals surface area contributed by atoms with Gasteiger partial charge < -0.3 is 188 Å². The number of nitrogens with one attached hydrogen (secondary N) is 1. The molecule has 8 heterocycles. The fourth-order valence-corrected chi connectivity index (χ4v) is 21.7. The van der Waals surface area contributed by atoms with Gasteiger partial charge in [0.2, 0.25) is 12.2 Å². The maximum absolute atomic E-state index is 16.2. The predicted octanol–water partition coefficient (Wildman–Crippen LogP) is -7.86. The summed E-state index contributed by atoms with van der Waals surface area (Å²) in [4.78, 5) is 42.1. The first-order valence-corrected chi connectivity index (χ1v) is 40.8. The lowest BCUT2D eigenvalue weighted by atomic mass is 9.33. The van der Waals surface area contributed by atoms with Crippen molar-refractivity contribution in [3.63, 3.8) is 0 Å². The van der Waals surface area contributed by atoms with Crippen LogP contribution in [-0.2, 0) is 94.9 Å². The second kappa shape index (κ2) is 35.5. The van der Waals surface area contributed by atoms with E-state index in [4.69, 9.17) is 80.5 Å². The Labute approximate surface area is 680 Å². The highest BCUT2D eigenvalue weighted by Gasteiger charge is 2.73. The van der Waals surface area contributed by atoms with Gasteiger partial charge in [-0.1, -0.05) is 60.1 Å². The summed E-state index contributed by atoms with van der Waals surface area (Å²) in [5, 5.41) is 225. The number of amides is 1. The molecule has 43 atom stereocenters. The van der Waals surface area contributed by atoms with Crippen molar-refractivity contribution >= 4 is 17.8 Å². The van der Waals surface area contributed by atoms with Crippen LogP contribution in [0.25, 0.3) is 0 Å². The van der Waals surface area contributed by atoms with Crippen molar-refractivity contribution in [2.75, 3.05) is 59.5 Å². The van der Waals surface area contributed by atoms with Crippen LogP contribution in [-0.4, -0.2) is 400 Å². The molecule has 0 aromatic rings. The zero-order chi connectivity index (χ0) is 85.9. The summed E-state index contributed by atoms with van der Waals surface area (Å²) in [6.07, 6.45) is -53.6. The van der Waals surface area contributed by atoms with Gasteiger partial charge in [0.1, 0.15) is 164 Å². The van der Waals surface area contributed by atoms with Gasteiger partial charge in [-0.25, -0.2) is 0 Å².